The number of benzene rings is 1. The Morgan fingerprint density at radius 3 is 2.37 bits per heavy atom. The van der Waals surface area contributed by atoms with Crippen LogP contribution < -0.4 is 5.32 Å². The highest BCUT2D eigenvalue weighted by molar-refractivity contribution is 7.89. The number of carboxylic acids is 1. The molecule has 0 radical (unpaired) electrons. The largest absolute Gasteiger partial charge is 0.479 e. The third-order valence-electron chi connectivity index (χ3n) is 3.84. The molecule has 2 rings (SSSR count). The van der Waals surface area contributed by atoms with Gasteiger partial charge in [-0.1, -0.05) is 29.3 Å². The van der Waals surface area contributed by atoms with E-state index in [9.17, 15) is 23.1 Å². The van der Waals surface area contributed by atoms with E-state index >= 15 is 0 Å². The predicted octanol–water partition coefficient (Wildman–Crippen LogP) is 1.26. The van der Waals surface area contributed by atoms with Gasteiger partial charge < -0.3 is 10.4 Å². The van der Waals surface area contributed by atoms with Gasteiger partial charge in [-0.15, -0.1) is 0 Å². The second-order valence-corrected chi connectivity index (χ2v) is 8.25. The molecule has 144 valence electrons. The number of nitrogens with one attached hydrogen (secondary N) is 1. The van der Waals surface area contributed by atoms with Gasteiger partial charge in [0.15, 0.2) is 6.04 Å². The van der Waals surface area contributed by atoms with E-state index in [4.69, 9.17) is 0 Å². The summed E-state index contributed by atoms with van der Waals surface area (Å²) in [4.78, 5) is 27.6. The minimum atomic E-state index is -3.91. The Bertz CT molecular complexity index is 924. The third kappa shape index (κ3) is 5.11. The molecule has 1 heterocycles. The van der Waals surface area contributed by atoms with Crippen molar-refractivity contribution in [3.8, 4) is 0 Å². The first-order valence-electron chi connectivity index (χ1n) is 8.08. The zero-order chi connectivity index (χ0) is 20.2. The van der Waals surface area contributed by atoms with E-state index in [2.05, 4.69) is 10.3 Å². The number of aliphatic carboxylic acids is 1. The van der Waals surface area contributed by atoms with Crippen molar-refractivity contribution < 1.29 is 23.1 Å². The molecule has 27 heavy (non-hydrogen) atoms. The summed E-state index contributed by atoms with van der Waals surface area (Å²) in [5.74, 6) is -1.96. The Kier molecular flexibility index (Phi) is 6.29. The normalized spacial score (nSPS) is 12.6. The SMILES string of the molecule is Cc1cc(C)cc(C(NC(=O)CN(C)S(=O)(=O)c2cccnc2)C(=O)O)c1. The van der Waals surface area contributed by atoms with Gasteiger partial charge in [-0.25, -0.2) is 13.2 Å². The first kappa shape index (κ1) is 20.5. The molecule has 1 atom stereocenters. The molecule has 0 saturated carbocycles. The average Bonchev–Trinajstić information content (AvgIpc) is 2.59. The van der Waals surface area contributed by atoms with E-state index in [1.807, 2.05) is 19.9 Å². The molecule has 1 aromatic heterocycles. The van der Waals surface area contributed by atoms with E-state index in [0.29, 0.717) is 5.56 Å². The van der Waals surface area contributed by atoms with Crippen molar-refractivity contribution in [3.63, 3.8) is 0 Å². The lowest BCUT2D eigenvalue weighted by Crippen LogP contribution is -2.41. The van der Waals surface area contributed by atoms with E-state index in [1.165, 1.54) is 31.6 Å². The Balaban J connectivity index is 2.15. The first-order valence-corrected chi connectivity index (χ1v) is 9.52. The second kappa shape index (κ2) is 8.28. The molecule has 1 unspecified atom stereocenters. The summed E-state index contributed by atoms with van der Waals surface area (Å²) in [6, 6.07) is 6.79. The first-order chi connectivity index (χ1) is 12.6. The Labute approximate surface area is 157 Å². The molecule has 0 aliphatic carbocycles. The van der Waals surface area contributed by atoms with Crippen LogP contribution in [0.3, 0.4) is 0 Å². The van der Waals surface area contributed by atoms with Gasteiger partial charge in [-0.2, -0.15) is 4.31 Å². The van der Waals surface area contributed by atoms with Crippen LogP contribution >= 0.6 is 0 Å². The molecule has 0 aliphatic heterocycles. The fraction of sp³-hybridized carbons (Fsp3) is 0.278. The van der Waals surface area contributed by atoms with Crippen LogP contribution in [0.2, 0.25) is 0 Å². The summed E-state index contributed by atoms with van der Waals surface area (Å²) in [7, 11) is -2.66. The molecule has 2 N–H and O–H groups in total. The highest BCUT2D eigenvalue weighted by atomic mass is 32.2. The van der Waals surface area contributed by atoms with Crippen LogP contribution in [-0.2, 0) is 19.6 Å². The number of sulfonamides is 1. The van der Waals surface area contributed by atoms with Crippen molar-refractivity contribution in [2.24, 2.45) is 0 Å². The van der Waals surface area contributed by atoms with Crippen molar-refractivity contribution in [3.05, 3.63) is 59.4 Å². The molecule has 1 amide bonds. The van der Waals surface area contributed by atoms with Gasteiger partial charge in [0.05, 0.1) is 6.54 Å². The van der Waals surface area contributed by atoms with Gasteiger partial charge in [0.25, 0.3) is 0 Å². The fourth-order valence-electron chi connectivity index (χ4n) is 2.64. The van der Waals surface area contributed by atoms with E-state index in [0.717, 1.165) is 15.4 Å². The topological polar surface area (TPSA) is 117 Å². The molecule has 0 spiro atoms. The summed E-state index contributed by atoms with van der Waals surface area (Å²) in [5, 5.41) is 11.9. The van der Waals surface area contributed by atoms with E-state index in [1.54, 1.807) is 12.1 Å². The standard InChI is InChI=1S/C18H21N3O5S/c1-12-7-13(2)9-14(8-12)17(18(23)24)20-16(22)11-21(3)27(25,26)15-5-4-6-19-10-15/h4-10,17H,11H2,1-3H3,(H,20,22)(H,23,24). The molecule has 1 aromatic carbocycles. The second-order valence-electron chi connectivity index (χ2n) is 6.21. The monoisotopic (exact) mass is 391 g/mol. The van der Waals surface area contributed by atoms with Crippen molar-refractivity contribution >= 4 is 21.9 Å². The Morgan fingerprint density at radius 1 is 1.22 bits per heavy atom. The van der Waals surface area contributed by atoms with Crippen molar-refractivity contribution in [1.29, 1.82) is 0 Å². The van der Waals surface area contributed by atoms with E-state index < -0.39 is 34.5 Å². The number of carbonyl (C=O) groups is 2. The highest BCUT2D eigenvalue weighted by Crippen LogP contribution is 2.18. The van der Waals surface area contributed by atoms with Crippen LogP contribution in [0.4, 0.5) is 0 Å². The summed E-state index contributed by atoms with van der Waals surface area (Å²) in [5.41, 5.74) is 2.15. The molecule has 2 aromatic rings. The average molecular weight is 391 g/mol. The zero-order valence-corrected chi connectivity index (χ0v) is 16.0. The number of aromatic nitrogens is 1. The number of pyridine rings is 1. The third-order valence-corrected chi connectivity index (χ3v) is 5.63. The Hall–Kier alpha value is -2.78. The number of hydrogen-bond acceptors (Lipinski definition) is 5. The van der Waals surface area contributed by atoms with E-state index in [-0.39, 0.29) is 4.90 Å². The van der Waals surface area contributed by atoms with Crippen molar-refractivity contribution in [2.45, 2.75) is 24.8 Å². The fourth-order valence-corrected chi connectivity index (χ4v) is 3.73. The van der Waals surface area contributed by atoms with Crippen LogP contribution in [0.25, 0.3) is 0 Å². The van der Waals surface area contributed by atoms with Gasteiger partial charge in [0, 0.05) is 19.4 Å². The predicted molar refractivity (Wildman–Crippen MR) is 98.5 cm³/mol. The minimum absolute atomic E-state index is 0.0515. The lowest BCUT2D eigenvalue weighted by Gasteiger charge is -2.20. The van der Waals surface area contributed by atoms with Crippen LogP contribution in [0.15, 0.2) is 47.6 Å². The lowest BCUT2D eigenvalue weighted by atomic mass is 10.0. The quantitative estimate of drug-likeness (QED) is 0.734. The molecule has 8 nitrogen and oxygen atoms in total. The summed E-state index contributed by atoms with van der Waals surface area (Å²) >= 11 is 0. The number of aryl methyl sites for hydroxylation is 2. The number of carbonyl (C=O) groups excluding carboxylic acids is 1. The van der Waals surface area contributed by atoms with Crippen molar-refractivity contribution in [2.75, 3.05) is 13.6 Å². The number of carboxylic acid groups (broad SMARTS) is 1. The maximum Gasteiger partial charge on any atom is 0.330 e. The van der Waals surface area contributed by atoms with Crippen LogP contribution in [0.5, 0.6) is 0 Å². The van der Waals surface area contributed by atoms with Gasteiger partial charge in [0.2, 0.25) is 15.9 Å². The molecule has 0 aliphatic rings. The maximum atomic E-state index is 12.4. The molecule has 0 fully saturated rings. The van der Waals surface area contributed by atoms with Crippen LogP contribution in [-0.4, -0.2) is 48.3 Å². The lowest BCUT2D eigenvalue weighted by molar-refractivity contribution is -0.142. The van der Waals surface area contributed by atoms with Gasteiger partial charge in [0.1, 0.15) is 4.90 Å². The summed E-state index contributed by atoms with van der Waals surface area (Å²) in [6.07, 6.45) is 2.62. The molecular weight excluding hydrogens is 370 g/mol. The number of nitrogens with zero attached hydrogens (tertiary/aromatic N) is 2. The minimum Gasteiger partial charge on any atom is -0.479 e. The Morgan fingerprint density at radius 2 is 1.85 bits per heavy atom. The smallest absolute Gasteiger partial charge is 0.330 e. The van der Waals surface area contributed by atoms with Crippen molar-refractivity contribution in [1.82, 2.24) is 14.6 Å². The summed E-state index contributed by atoms with van der Waals surface area (Å²) < 4.78 is 25.7. The molecule has 0 saturated heterocycles. The number of likely N-dealkylation sites (N-methyl/N-ethyl adjacent to an activating group) is 1. The molecule has 9 heteroatoms. The van der Waals surface area contributed by atoms with Gasteiger partial charge in [-0.3, -0.25) is 9.78 Å². The van der Waals surface area contributed by atoms with Gasteiger partial charge >= 0.3 is 5.97 Å². The maximum absolute atomic E-state index is 12.4. The van der Waals surface area contributed by atoms with Crippen LogP contribution in [0, 0.1) is 13.8 Å². The number of rotatable bonds is 7. The zero-order valence-electron chi connectivity index (χ0n) is 15.2. The molecular formula is C18H21N3O5S. The van der Waals surface area contributed by atoms with Crippen LogP contribution in [0.1, 0.15) is 22.7 Å². The van der Waals surface area contributed by atoms with Gasteiger partial charge in [-0.05, 0) is 31.5 Å². The number of hydrogen-bond donors (Lipinski definition) is 2. The summed E-state index contributed by atoms with van der Waals surface area (Å²) in [6.45, 7) is 3.13. The highest BCUT2D eigenvalue weighted by Gasteiger charge is 2.27. The molecule has 0 bridgehead atoms. The number of amides is 1.